The Labute approximate surface area is 361 Å². The fraction of sp³-hybridized carbons (Fsp3) is 0.811. The van der Waals surface area contributed by atoms with E-state index in [2.05, 4.69) is 69.4 Å². The molecule has 1 unspecified atom stereocenters. The van der Waals surface area contributed by atoms with Gasteiger partial charge in [-0.2, -0.15) is 0 Å². The van der Waals surface area contributed by atoms with Crippen LogP contribution in [0, 0.1) is 0 Å². The lowest BCUT2D eigenvalue weighted by Gasteiger charge is -2.18. The Morgan fingerprint density at radius 3 is 1.28 bits per heavy atom. The van der Waals surface area contributed by atoms with Gasteiger partial charge in [0.1, 0.15) is 6.61 Å². The third-order valence-corrected chi connectivity index (χ3v) is 10.8. The van der Waals surface area contributed by atoms with Crippen molar-refractivity contribution in [2.45, 2.75) is 258 Å². The molecule has 0 bridgehead atoms. The summed E-state index contributed by atoms with van der Waals surface area (Å²) in [5.74, 6) is -0.432. The lowest BCUT2D eigenvalue weighted by Crippen LogP contribution is -2.30. The van der Waals surface area contributed by atoms with Crippen LogP contribution in [0.15, 0.2) is 48.6 Å². The minimum Gasteiger partial charge on any atom is -0.462 e. The predicted molar refractivity (Wildman–Crippen MR) is 251 cm³/mol. The highest BCUT2D eigenvalue weighted by Gasteiger charge is 2.17. The smallest absolute Gasteiger partial charge is 0.306 e. The number of allylic oxidation sites excluding steroid dienone is 8. The molecule has 0 aromatic heterocycles. The number of carbonyl (C=O) groups excluding carboxylic acids is 2. The third-order valence-electron chi connectivity index (χ3n) is 10.8. The molecule has 0 saturated carbocycles. The summed E-state index contributed by atoms with van der Waals surface area (Å²) in [4.78, 5) is 25.3. The Bertz CT molecular complexity index is 966. The second-order valence-corrected chi connectivity index (χ2v) is 16.7. The first-order valence-corrected chi connectivity index (χ1v) is 25.2. The van der Waals surface area contributed by atoms with E-state index in [1.807, 2.05) is 0 Å². The van der Waals surface area contributed by atoms with Gasteiger partial charge in [0.2, 0.25) is 0 Å². The van der Waals surface area contributed by atoms with Gasteiger partial charge in [-0.15, -0.1) is 0 Å². The normalized spacial score (nSPS) is 12.5. The summed E-state index contributed by atoms with van der Waals surface area (Å²) in [6, 6.07) is 0. The van der Waals surface area contributed by atoms with Crippen molar-refractivity contribution < 1.29 is 23.8 Å². The predicted octanol–water partition coefficient (Wildman–Crippen LogP) is 16.8. The molecule has 0 aliphatic heterocycles. The van der Waals surface area contributed by atoms with Gasteiger partial charge >= 0.3 is 11.9 Å². The lowest BCUT2D eigenvalue weighted by atomic mass is 10.0. The minimum atomic E-state index is -0.550. The Hall–Kier alpha value is -2.14. The van der Waals surface area contributed by atoms with Crippen molar-refractivity contribution in [3.63, 3.8) is 0 Å². The number of hydrogen-bond acceptors (Lipinski definition) is 5. The van der Waals surface area contributed by atoms with Crippen LogP contribution in [0.3, 0.4) is 0 Å². The van der Waals surface area contributed by atoms with Crippen molar-refractivity contribution >= 4 is 11.9 Å². The molecule has 58 heavy (non-hydrogen) atoms. The van der Waals surface area contributed by atoms with Crippen LogP contribution in [0.2, 0.25) is 0 Å². The molecule has 1 atom stereocenters. The van der Waals surface area contributed by atoms with E-state index >= 15 is 0 Å². The molecule has 0 aromatic rings. The molecule has 0 fully saturated rings. The molecule has 0 saturated heterocycles. The Morgan fingerprint density at radius 1 is 0.397 bits per heavy atom. The SMILES string of the molecule is CC/C=C\C/C=C\C/C=C\CCCCCC(=O)OC(COCCCCCCCCCCCCCCCC)COC(=O)CCCCCCC/C=C\CCCCCCCC. The molecule has 0 rings (SSSR count). The van der Waals surface area contributed by atoms with Crippen LogP contribution in [0.1, 0.15) is 252 Å². The summed E-state index contributed by atoms with van der Waals surface area (Å²) in [5.41, 5.74) is 0. The van der Waals surface area contributed by atoms with Crippen LogP contribution in [-0.4, -0.2) is 37.9 Å². The van der Waals surface area contributed by atoms with E-state index < -0.39 is 6.10 Å². The van der Waals surface area contributed by atoms with Crippen molar-refractivity contribution in [2.75, 3.05) is 19.8 Å². The fourth-order valence-corrected chi connectivity index (χ4v) is 7.11. The number of unbranched alkanes of at least 4 members (excludes halogenated alkanes) is 27. The average Bonchev–Trinajstić information content (AvgIpc) is 3.22. The quantitative estimate of drug-likeness (QED) is 0.0348. The standard InChI is InChI=1S/C53H96O5/c1-4-7-10-13-16-19-22-25-27-29-31-34-37-40-43-46-52(54)57-50-51(49-56-48-45-42-39-36-33-30-26-23-20-17-14-11-8-5-2)58-53(55)47-44-41-38-35-32-28-24-21-18-15-12-9-6-3/h9,12,18,21,25,27-28,32,51H,4-8,10-11,13-17,19-20,22-24,26,29-31,33-50H2,1-3H3/b12-9-,21-18-,27-25-,32-28-. The van der Waals surface area contributed by atoms with Gasteiger partial charge in [-0.25, -0.2) is 0 Å². The van der Waals surface area contributed by atoms with Gasteiger partial charge in [-0.3, -0.25) is 9.59 Å². The fourth-order valence-electron chi connectivity index (χ4n) is 7.11. The summed E-state index contributed by atoms with van der Waals surface area (Å²) < 4.78 is 17.4. The summed E-state index contributed by atoms with van der Waals surface area (Å²) in [7, 11) is 0. The van der Waals surface area contributed by atoms with E-state index in [1.165, 1.54) is 135 Å². The topological polar surface area (TPSA) is 61.8 Å². The minimum absolute atomic E-state index is 0.0719. The van der Waals surface area contributed by atoms with Crippen molar-refractivity contribution in [2.24, 2.45) is 0 Å². The van der Waals surface area contributed by atoms with Gasteiger partial charge in [0, 0.05) is 19.4 Å². The van der Waals surface area contributed by atoms with E-state index in [-0.39, 0.29) is 25.2 Å². The first kappa shape index (κ1) is 55.9. The molecule has 0 aliphatic carbocycles. The second-order valence-electron chi connectivity index (χ2n) is 16.7. The van der Waals surface area contributed by atoms with E-state index in [0.29, 0.717) is 19.4 Å². The van der Waals surface area contributed by atoms with Crippen molar-refractivity contribution in [1.29, 1.82) is 0 Å². The van der Waals surface area contributed by atoms with Crippen LogP contribution in [0.5, 0.6) is 0 Å². The Balaban J connectivity index is 4.29. The number of carbonyl (C=O) groups is 2. The van der Waals surface area contributed by atoms with Gasteiger partial charge in [-0.1, -0.05) is 211 Å². The van der Waals surface area contributed by atoms with E-state index in [0.717, 1.165) is 83.5 Å². The van der Waals surface area contributed by atoms with E-state index in [4.69, 9.17) is 14.2 Å². The van der Waals surface area contributed by atoms with Gasteiger partial charge in [0.25, 0.3) is 0 Å². The first-order valence-electron chi connectivity index (χ1n) is 25.2. The van der Waals surface area contributed by atoms with Gasteiger partial charge in [0.15, 0.2) is 6.10 Å². The molecule has 0 radical (unpaired) electrons. The van der Waals surface area contributed by atoms with E-state index in [9.17, 15) is 9.59 Å². The van der Waals surface area contributed by atoms with Crippen LogP contribution < -0.4 is 0 Å². The number of rotatable bonds is 46. The van der Waals surface area contributed by atoms with Crippen LogP contribution in [0.25, 0.3) is 0 Å². The number of ether oxygens (including phenoxy) is 3. The monoisotopic (exact) mass is 813 g/mol. The Kier molecular flexibility index (Phi) is 47.4. The molecule has 0 spiro atoms. The summed E-state index contributed by atoms with van der Waals surface area (Å²) in [6.45, 7) is 7.70. The van der Waals surface area contributed by atoms with Crippen molar-refractivity contribution in [3.8, 4) is 0 Å². The van der Waals surface area contributed by atoms with E-state index in [1.54, 1.807) is 0 Å². The van der Waals surface area contributed by atoms with Crippen molar-refractivity contribution in [3.05, 3.63) is 48.6 Å². The van der Waals surface area contributed by atoms with Gasteiger partial charge in [0.05, 0.1) is 6.61 Å². The average molecular weight is 813 g/mol. The molecular formula is C53H96O5. The lowest BCUT2D eigenvalue weighted by molar-refractivity contribution is -0.163. The maximum Gasteiger partial charge on any atom is 0.306 e. The molecule has 0 aromatic carbocycles. The number of esters is 2. The zero-order chi connectivity index (χ0) is 42.1. The maximum absolute atomic E-state index is 12.8. The highest BCUT2D eigenvalue weighted by atomic mass is 16.6. The second kappa shape index (κ2) is 49.2. The largest absolute Gasteiger partial charge is 0.462 e. The van der Waals surface area contributed by atoms with Gasteiger partial charge < -0.3 is 14.2 Å². The van der Waals surface area contributed by atoms with Gasteiger partial charge in [-0.05, 0) is 77.0 Å². The van der Waals surface area contributed by atoms with Crippen LogP contribution in [0.4, 0.5) is 0 Å². The molecule has 0 heterocycles. The number of hydrogen-bond donors (Lipinski definition) is 0. The van der Waals surface area contributed by atoms with Crippen molar-refractivity contribution in [1.82, 2.24) is 0 Å². The molecular weight excluding hydrogens is 717 g/mol. The third kappa shape index (κ3) is 46.5. The molecule has 0 N–H and O–H groups in total. The first-order chi connectivity index (χ1) is 28.6. The highest BCUT2D eigenvalue weighted by Crippen LogP contribution is 2.14. The highest BCUT2D eigenvalue weighted by molar-refractivity contribution is 5.70. The zero-order valence-electron chi connectivity index (χ0n) is 38.8. The molecule has 0 amide bonds. The van der Waals surface area contributed by atoms with Crippen LogP contribution in [-0.2, 0) is 23.8 Å². The summed E-state index contributed by atoms with van der Waals surface area (Å²) in [5, 5.41) is 0. The molecule has 5 heteroatoms. The Morgan fingerprint density at radius 2 is 0.776 bits per heavy atom. The van der Waals surface area contributed by atoms with Crippen LogP contribution >= 0.6 is 0 Å². The summed E-state index contributed by atoms with van der Waals surface area (Å²) in [6.07, 6.45) is 59.7. The molecule has 338 valence electrons. The molecule has 0 aliphatic rings. The maximum atomic E-state index is 12.8. The molecule has 5 nitrogen and oxygen atoms in total. The zero-order valence-corrected chi connectivity index (χ0v) is 38.8. The summed E-state index contributed by atoms with van der Waals surface area (Å²) >= 11 is 0.